The summed E-state index contributed by atoms with van der Waals surface area (Å²) in [5.74, 6) is 0.437. The summed E-state index contributed by atoms with van der Waals surface area (Å²) >= 11 is 0. The van der Waals surface area contributed by atoms with Crippen molar-refractivity contribution < 1.29 is 0 Å². The molecule has 6 rings (SSSR count). The Morgan fingerprint density at radius 1 is 0.667 bits per heavy atom. The van der Waals surface area contributed by atoms with Gasteiger partial charge in [-0.05, 0) is 63.9 Å². The molecule has 0 aromatic heterocycles. The van der Waals surface area contributed by atoms with Crippen molar-refractivity contribution in [2.24, 2.45) is 10.7 Å². The third-order valence-corrected chi connectivity index (χ3v) is 7.34. The van der Waals surface area contributed by atoms with Crippen LogP contribution in [0.3, 0.4) is 0 Å². The maximum Gasteiger partial charge on any atom is 0.154 e. The number of fused-ring (bicyclic) bond motifs is 1. The van der Waals surface area contributed by atoms with Crippen LogP contribution >= 0.6 is 0 Å². The Morgan fingerprint density at radius 2 is 1.26 bits per heavy atom. The Bertz CT molecular complexity index is 1880. The molecule has 0 aliphatic heterocycles. The number of benzene rings is 6. The van der Waals surface area contributed by atoms with E-state index in [4.69, 9.17) is 16.9 Å². The minimum atomic E-state index is 0.121. The van der Waals surface area contributed by atoms with Crippen LogP contribution in [0.2, 0.25) is 0 Å². The highest BCUT2D eigenvalue weighted by atomic mass is 15.1. The first-order chi connectivity index (χ1) is 20.6. The molecule has 6 aromatic rings. The number of aliphatic imine (C=N–C) groups is 1. The Labute approximate surface area is 245 Å². The molecule has 0 saturated heterocycles. The molecule has 0 atom stereocenters. The van der Waals surface area contributed by atoms with Crippen LogP contribution in [0.1, 0.15) is 16.7 Å². The first-order valence-corrected chi connectivity index (χ1v) is 13.8. The molecule has 0 radical (unpaired) electrons. The number of nitrogens with zero attached hydrogens (tertiary/aromatic N) is 2. The van der Waals surface area contributed by atoms with Crippen molar-refractivity contribution in [3.8, 4) is 11.1 Å². The van der Waals surface area contributed by atoms with Crippen LogP contribution in [-0.4, -0.2) is 11.7 Å². The summed E-state index contributed by atoms with van der Waals surface area (Å²) in [4.78, 5) is 6.73. The summed E-state index contributed by atoms with van der Waals surface area (Å²) in [5.41, 5.74) is 20.0. The minimum absolute atomic E-state index is 0.121. The standard InChI is InChI=1S/C37H31N5/c38-34-17-9-10-18-35(34)42(31-15-5-2-6-16-31)25-26-19-21-27(22-20-26)32-23-29-13-7-8-14-30(29)24-33(32)37(40)41-36(39)28-11-3-1-4-12-28/h1-24H,25,38H2,(H3,39,40,41). The third-order valence-electron chi connectivity index (χ3n) is 7.34. The van der Waals surface area contributed by atoms with Crippen LogP contribution < -0.4 is 16.4 Å². The number of nitrogen functional groups attached to an aromatic ring is 1. The summed E-state index contributed by atoms with van der Waals surface area (Å²) in [5, 5.41) is 11.1. The van der Waals surface area contributed by atoms with Crippen molar-refractivity contribution in [2.75, 3.05) is 10.6 Å². The fourth-order valence-corrected chi connectivity index (χ4v) is 5.16. The lowest BCUT2D eigenvalue weighted by molar-refractivity contribution is 0.977. The fraction of sp³-hybridized carbons (Fsp3) is 0.0270. The van der Waals surface area contributed by atoms with Gasteiger partial charge in [0.2, 0.25) is 0 Å². The largest absolute Gasteiger partial charge is 0.397 e. The molecule has 0 spiro atoms. The Morgan fingerprint density at radius 3 is 1.95 bits per heavy atom. The van der Waals surface area contributed by atoms with Crippen molar-refractivity contribution in [2.45, 2.75) is 6.54 Å². The van der Waals surface area contributed by atoms with Crippen LogP contribution in [0.25, 0.3) is 21.9 Å². The Balaban J connectivity index is 1.36. The van der Waals surface area contributed by atoms with E-state index in [1.54, 1.807) is 0 Å². The van der Waals surface area contributed by atoms with Gasteiger partial charge in [0, 0.05) is 23.4 Å². The van der Waals surface area contributed by atoms with Crippen molar-refractivity contribution in [3.63, 3.8) is 0 Å². The number of anilines is 3. The number of hydrogen-bond donors (Lipinski definition) is 3. The van der Waals surface area contributed by atoms with Gasteiger partial charge in [0.05, 0.1) is 11.4 Å². The normalized spacial score (nSPS) is 11.4. The maximum atomic E-state index is 8.93. The van der Waals surface area contributed by atoms with Crippen LogP contribution in [0.5, 0.6) is 0 Å². The van der Waals surface area contributed by atoms with E-state index >= 15 is 0 Å². The van der Waals surface area contributed by atoms with Gasteiger partial charge in [0.1, 0.15) is 5.84 Å². The fourth-order valence-electron chi connectivity index (χ4n) is 5.16. The van der Waals surface area contributed by atoms with Gasteiger partial charge < -0.3 is 16.4 Å². The number of amidine groups is 2. The van der Waals surface area contributed by atoms with Crippen molar-refractivity contribution in [1.29, 1.82) is 5.41 Å². The second kappa shape index (κ2) is 11.8. The number of para-hydroxylation sites is 3. The molecule has 0 aliphatic rings. The first kappa shape index (κ1) is 26.5. The Kier molecular flexibility index (Phi) is 7.47. The predicted molar refractivity (Wildman–Crippen MR) is 177 cm³/mol. The van der Waals surface area contributed by atoms with Crippen molar-refractivity contribution >= 4 is 39.5 Å². The van der Waals surface area contributed by atoms with Gasteiger partial charge in [-0.2, -0.15) is 0 Å². The summed E-state index contributed by atoms with van der Waals surface area (Å²) in [6, 6.07) is 48.6. The molecule has 204 valence electrons. The van der Waals surface area contributed by atoms with Crippen LogP contribution in [0, 0.1) is 5.41 Å². The lowest BCUT2D eigenvalue weighted by Crippen LogP contribution is -2.17. The number of nitrogens with two attached hydrogens (primary N) is 2. The average Bonchev–Trinajstić information content (AvgIpc) is 3.04. The smallest absolute Gasteiger partial charge is 0.154 e. The minimum Gasteiger partial charge on any atom is -0.397 e. The number of hydrogen-bond acceptors (Lipinski definition) is 3. The first-order valence-electron chi connectivity index (χ1n) is 13.8. The topological polar surface area (TPSA) is 91.5 Å². The van der Waals surface area contributed by atoms with Gasteiger partial charge in [-0.25, -0.2) is 4.99 Å². The van der Waals surface area contributed by atoms with Gasteiger partial charge in [-0.1, -0.05) is 109 Å². The van der Waals surface area contributed by atoms with E-state index in [-0.39, 0.29) is 5.84 Å². The van der Waals surface area contributed by atoms with E-state index in [9.17, 15) is 0 Å². The maximum absolute atomic E-state index is 8.93. The quantitative estimate of drug-likeness (QED) is 0.107. The molecular weight excluding hydrogens is 514 g/mol. The van der Waals surface area contributed by atoms with Crippen LogP contribution in [0.4, 0.5) is 17.1 Å². The van der Waals surface area contributed by atoms with Crippen molar-refractivity contribution in [1.82, 2.24) is 0 Å². The van der Waals surface area contributed by atoms with E-state index in [0.29, 0.717) is 12.4 Å². The molecule has 0 saturated carbocycles. The van der Waals surface area contributed by atoms with E-state index in [0.717, 1.165) is 55.7 Å². The molecule has 0 bridgehead atoms. The molecule has 0 amide bonds. The van der Waals surface area contributed by atoms with Gasteiger partial charge in [0.25, 0.3) is 0 Å². The summed E-state index contributed by atoms with van der Waals surface area (Å²) in [6.07, 6.45) is 0. The zero-order valence-electron chi connectivity index (χ0n) is 23.1. The molecule has 42 heavy (non-hydrogen) atoms. The van der Waals surface area contributed by atoms with Gasteiger partial charge in [-0.15, -0.1) is 0 Å². The average molecular weight is 546 g/mol. The van der Waals surface area contributed by atoms with E-state index < -0.39 is 0 Å². The number of nitrogens with one attached hydrogen (secondary N) is 1. The van der Waals surface area contributed by atoms with Crippen molar-refractivity contribution in [3.05, 3.63) is 162 Å². The van der Waals surface area contributed by atoms with Gasteiger partial charge >= 0.3 is 0 Å². The van der Waals surface area contributed by atoms with E-state index in [2.05, 4.69) is 64.5 Å². The molecule has 5 heteroatoms. The van der Waals surface area contributed by atoms with E-state index in [1.807, 2.05) is 91.0 Å². The third kappa shape index (κ3) is 5.62. The molecule has 6 aromatic carbocycles. The van der Waals surface area contributed by atoms with E-state index in [1.165, 1.54) is 0 Å². The monoisotopic (exact) mass is 545 g/mol. The highest BCUT2D eigenvalue weighted by Crippen LogP contribution is 2.33. The SMILES string of the molecule is N=C(/N=C(\N)c1ccccc1)c1cc2ccccc2cc1-c1ccc(CN(c2ccccc2)c2ccccc2N)cc1. The molecule has 0 aliphatic carbocycles. The Hall–Kier alpha value is -5.68. The highest BCUT2D eigenvalue weighted by molar-refractivity contribution is 6.13. The molecule has 5 N–H and O–H groups in total. The second-order valence-corrected chi connectivity index (χ2v) is 10.1. The van der Waals surface area contributed by atoms with Crippen LogP contribution in [-0.2, 0) is 6.54 Å². The van der Waals surface area contributed by atoms with Gasteiger partial charge in [0.15, 0.2) is 5.84 Å². The zero-order chi connectivity index (χ0) is 28.9. The lowest BCUT2D eigenvalue weighted by Gasteiger charge is -2.26. The second-order valence-electron chi connectivity index (χ2n) is 10.1. The summed E-state index contributed by atoms with van der Waals surface area (Å²) < 4.78 is 0. The van der Waals surface area contributed by atoms with Crippen LogP contribution in [0.15, 0.2) is 151 Å². The molecule has 0 heterocycles. The summed E-state index contributed by atoms with van der Waals surface area (Å²) in [7, 11) is 0. The summed E-state index contributed by atoms with van der Waals surface area (Å²) in [6.45, 7) is 0.650. The molecule has 5 nitrogen and oxygen atoms in total. The molecule has 0 unspecified atom stereocenters. The number of rotatable bonds is 7. The molecule has 0 fully saturated rings. The van der Waals surface area contributed by atoms with Gasteiger partial charge in [-0.3, -0.25) is 5.41 Å². The highest BCUT2D eigenvalue weighted by Gasteiger charge is 2.15. The zero-order valence-corrected chi connectivity index (χ0v) is 23.1. The lowest BCUT2D eigenvalue weighted by atomic mass is 9.94. The predicted octanol–water partition coefficient (Wildman–Crippen LogP) is 8.16. The molecular formula is C37H31N5.